The van der Waals surface area contributed by atoms with Crippen molar-refractivity contribution in [2.75, 3.05) is 10.8 Å². The number of benzene rings is 2. The molecule has 2 N–H and O–H groups in total. The Morgan fingerprint density at radius 3 is 2.43 bits per heavy atom. The molecule has 6 nitrogen and oxygen atoms in total. The highest BCUT2D eigenvalue weighted by Gasteiger charge is 2.32. The van der Waals surface area contributed by atoms with Crippen LogP contribution >= 0.6 is 34.8 Å². The molecular formula is C22H17Cl3F3N3O3S. The maximum absolute atomic E-state index is 12.6. The van der Waals surface area contributed by atoms with E-state index in [0.29, 0.717) is 27.6 Å². The molecule has 1 heterocycles. The molecule has 3 aromatic rings. The standard InChI is InChI=1S/C22H17Cl3F3N3O3S/c23-16-3-1-2-14(20(16)25)8-9-31(35(33)34)18-6-5-15(10-17(18)24)21(32)30-12-13-4-7-19(29-11-13)22(26,27)28/h1-7,10-11H,8-9,12H2,(H,30,32)(H,33,34). The summed E-state index contributed by atoms with van der Waals surface area (Å²) in [6, 6.07) is 11.3. The van der Waals surface area contributed by atoms with Gasteiger partial charge in [0.05, 0.1) is 20.8 Å². The normalized spacial score (nSPS) is 12.3. The van der Waals surface area contributed by atoms with Gasteiger partial charge in [0.1, 0.15) is 5.69 Å². The van der Waals surface area contributed by atoms with Crippen LogP contribution in [0.25, 0.3) is 0 Å². The highest BCUT2D eigenvalue weighted by atomic mass is 35.5. The van der Waals surface area contributed by atoms with Crippen molar-refractivity contribution in [1.82, 2.24) is 10.3 Å². The maximum atomic E-state index is 12.6. The molecule has 13 heteroatoms. The summed E-state index contributed by atoms with van der Waals surface area (Å²) in [7, 11) is 0. The molecule has 0 aliphatic rings. The van der Waals surface area contributed by atoms with Crippen molar-refractivity contribution < 1.29 is 26.7 Å². The predicted molar refractivity (Wildman–Crippen MR) is 130 cm³/mol. The van der Waals surface area contributed by atoms with Crippen molar-refractivity contribution in [1.29, 1.82) is 0 Å². The van der Waals surface area contributed by atoms with Crippen LogP contribution in [0.15, 0.2) is 54.7 Å². The number of rotatable bonds is 8. The molecule has 1 aromatic heterocycles. The van der Waals surface area contributed by atoms with Gasteiger partial charge in [-0.05, 0) is 47.9 Å². The van der Waals surface area contributed by atoms with Crippen molar-refractivity contribution in [2.45, 2.75) is 19.1 Å². The summed E-state index contributed by atoms with van der Waals surface area (Å²) in [6.07, 6.45) is -3.22. The molecule has 1 amide bonds. The Morgan fingerprint density at radius 2 is 1.83 bits per heavy atom. The minimum absolute atomic E-state index is 0.0495. The summed E-state index contributed by atoms with van der Waals surface area (Å²) in [6.45, 7) is 0.0197. The molecule has 0 bridgehead atoms. The Morgan fingerprint density at radius 1 is 1.09 bits per heavy atom. The van der Waals surface area contributed by atoms with Crippen LogP contribution in [-0.2, 0) is 30.4 Å². The third kappa shape index (κ3) is 7.08. The lowest BCUT2D eigenvalue weighted by Gasteiger charge is -2.22. The Kier molecular flexibility index (Phi) is 9.00. The minimum Gasteiger partial charge on any atom is -0.348 e. The van der Waals surface area contributed by atoms with Crippen LogP contribution in [0.2, 0.25) is 15.1 Å². The summed E-state index contributed by atoms with van der Waals surface area (Å²) in [5, 5.41) is 3.32. The van der Waals surface area contributed by atoms with Crippen LogP contribution in [0.4, 0.5) is 18.9 Å². The Hall–Kier alpha value is -2.37. The number of carbonyl (C=O) groups is 1. The van der Waals surface area contributed by atoms with Gasteiger partial charge in [-0.15, -0.1) is 0 Å². The van der Waals surface area contributed by atoms with Crippen LogP contribution in [-0.4, -0.2) is 26.2 Å². The van der Waals surface area contributed by atoms with Gasteiger partial charge in [-0.25, -0.2) is 4.21 Å². The first-order valence-electron chi connectivity index (χ1n) is 9.88. The van der Waals surface area contributed by atoms with Gasteiger partial charge in [0.2, 0.25) is 0 Å². The van der Waals surface area contributed by atoms with Crippen molar-refractivity contribution in [3.05, 3.63) is 92.2 Å². The second-order valence-corrected chi connectivity index (χ2v) is 9.29. The monoisotopic (exact) mass is 565 g/mol. The van der Waals surface area contributed by atoms with Crippen LogP contribution in [0.1, 0.15) is 27.2 Å². The third-order valence-corrected chi connectivity index (χ3v) is 6.77. The number of nitrogens with zero attached hydrogens (tertiary/aromatic N) is 2. The highest BCUT2D eigenvalue weighted by molar-refractivity contribution is 7.80. The molecule has 3 rings (SSSR count). The number of alkyl halides is 3. The SMILES string of the molecule is O=C(NCc1ccc(C(F)(F)F)nc1)c1ccc(N(CCc2cccc(Cl)c2Cl)S(=O)O)c(Cl)c1. The lowest BCUT2D eigenvalue weighted by molar-refractivity contribution is -0.141. The second kappa shape index (κ2) is 11.6. The van der Waals surface area contributed by atoms with Gasteiger partial charge in [0.25, 0.3) is 17.2 Å². The largest absolute Gasteiger partial charge is 0.433 e. The van der Waals surface area contributed by atoms with Crippen LogP contribution < -0.4 is 9.62 Å². The number of amides is 1. The number of anilines is 1. The van der Waals surface area contributed by atoms with Crippen molar-refractivity contribution >= 4 is 57.7 Å². The molecule has 0 radical (unpaired) electrons. The Bertz CT molecular complexity index is 1240. The van der Waals surface area contributed by atoms with E-state index >= 15 is 0 Å². The van der Waals surface area contributed by atoms with Crippen LogP contribution in [0.5, 0.6) is 0 Å². The number of hydrogen-bond donors (Lipinski definition) is 2. The summed E-state index contributed by atoms with van der Waals surface area (Å²) >= 11 is 16.1. The van der Waals surface area contributed by atoms with E-state index in [1.54, 1.807) is 18.2 Å². The zero-order chi connectivity index (χ0) is 25.8. The van der Waals surface area contributed by atoms with E-state index in [4.69, 9.17) is 34.8 Å². The molecule has 0 spiro atoms. The lowest BCUT2D eigenvalue weighted by Crippen LogP contribution is -2.28. The molecule has 0 aliphatic heterocycles. The summed E-state index contributed by atoms with van der Waals surface area (Å²) in [4.78, 5) is 15.8. The maximum Gasteiger partial charge on any atom is 0.433 e. The first-order chi connectivity index (χ1) is 16.5. The van der Waals surface area contributed by atoms with Crippen molar-refractivity contribution in [2.24, 2.45) is 0 Å². The van der Waals surface area contributed by atoms with E-state index in [2.05, 4.69) is 10.3 Å². The average molecular weight is 567 g/mol. The molecule has 0 saturated carbocycles. The van der Waals surface area contributed by atoms with E-state index in [1.807, 2.05) is 0 Å². The molecule has 1 unspecified atom stereocenters. The fourth-order valence-electron chi connectivity index (χ4n) is 3.08. The molecular weight excluding hydrogens is 550 g/mol. The van der Waals surface area contributed by atoms with Crippen molar-refractivity contribution in [3.8, 4) is 0 Å². The fraction of sp³-hybridized carbons (Fsp3) is 0.182. The van der Waals surface area contributed by atoms with Gasteiger partial charge in [-0.2, -0.15) is 13.2 Å². The van der Waals surface area contributed by atoms with E-state index in [9.17, 15) is 26.7 Å². The first-order valence-corrected chi connectivity index (χ1v) is 12.1. The summed E-state index contributed by atoms with van der Waals surface area (Å²) in [5.41, 5.74) is 0.391. The number of carbonyl (C=O) groups excluding carboxylic acids is 1. The number of hydrogen-bond acceptors (Lipinski definition) is 3. The minimum atomic E-state index is -4.55. The van der Waals surface area contributed by atoms with E-state index in [1.165, 1.54) is 24.3 Å². The fourth-order valence-corrected chi connectivity index (χ4v) is 4.40. The molecule has 35 heavy (non-hydrogen) atoms. The van der Waals surface area contributed by atoms with E-state index in [0.717, 1.165) is 16.6 Å². The third-order valence-electron chi connectivity index (χ3n) is 4.85. The second-order valence-electron chi connectivity index (χ2n) is 7.19. The first kappa shape index (κ1) is 27.2. The topological polar surface area (TPSA) is 82.5 Å². The van der Waals surface area contributed by atoms with E-state index in [-0.39, 0.29) is 29.4 Å². The van der Waals surface area contributed by atoms with E-state index < -0.39 is 29.0 Å². The molecule has 0 saturated heterocycles. The van der Waals surface area contributed by atoms with Crippen molar-refractivity contribution in [3.63, 3.8) is 0 Å². The molecule has 0 fully saturated rings. The lowest BCUT2D eigenvalue weighted by atomic mass is 10.1. The molecule has 0 aliphatic carbocycles. The number of halogens is 6. The quantitative estimate of drug-likeness (QED) is 0.319. The molecule has 186 valence electrons. The van der Waals surface area contributed by atoms with Gasteiger partial charge in [0, 0.05) is 24.8 Å². The highest BCUT2D eigenvalue weighted by Crippen LogP contribution is 2.30. The summed E-state index contributed by atoms with van der Waals surface area (Å²) < 4.78 is 60.7. The van der Waals surface area contributed by atoms with Crippen LogP contribution in [0.3, 0.4) is 0 Å². The van der Waals surface area contributed by atoms with Gasteiger partial charge in [-0.3, -0.25) is 18.6 Å². The Labute approximate surface area is 216 Å². The average Bonchev–Trinajstić information content (AvgIpc) is 2.80. The zero-order valence-electron chi connectivity index (χ0n) is 17.7. The number of pyridine rings is 1. The number of nitrogens with one attached hydrogen (secondary N) is 1. The van der Waals surface area contributed by atoms with Crippen LogP contribution in [0, 0.1) is 0 Å². The smallest absolute Gasteiger partial charge is 0.348 e. The number of aromatic nitrogens is 1. The van der Waals surface area contributed by atoms with Gasteiger partial charge in [-0.1, -0.05) is 53.0 Å². The zero-order valence-corrected chi connectivity index (χ0v) is 20.7. The molecule has 2 aromatic carbocycles. The van der Waals surface area contributed by atoms with Gasteiger partial charge >= 0.3 is 6.18 Å². The summed E-state index contributed by atoms with van der Waals surface area (Å²) in [5.74, 6) is -0.541. The Balaban J connectivity index is 1.68. The van der Waals surface area contributed by atoms with Gasteiger partial charge in [0.15, 0.2) is 0 Å². The predicted octanol–water partition coefficient (Wildman–Crippen LogP) is 6.18. The molecule has 1 atom stereocenters. The van der Waals surface area contributed by atoms with Gasteiger partial charge < -0.3 is 5.32 Å².